The minimum Gasteiger partial charge on any atom is -0.311 e. The number of thiophene rings is 1. The van der Waals surface area contributed by atoms with Gasteiger partial charge in [0.2, 0.25) is 0 Å². The molecule has 1 atom stereocenters. The first-order valence-electron chi connectivity index (χ1n) is 4.47. The summed E-state index contributed by atoms with van der Waals surface area (Å²) >= 11 is 1.16. The van der Waals surface area contributed by atoms with Crippen molar-refractivity contribution in [3.63, 3.8) is 0 Å². The van der Waals surface area contributed by atoms with Gasteiger partial charge in [0.1, 0.15) is 0 Å². The first kappa shape index (κ1) is 11.6. The molecule has 1 rings (SSSR count). The van der Waals surface area contributed by atoms with E-state index in [9.17, 15) is 10.1 Å². The van der Waals surface area contributed by atoms with Crippen LogP contribution in [0.25, 0.3) is 0 Å². The van der Waals surface area contributed by atoms with Gasteiger partial charge >= 0.3 is 5.00 Å². The van der Waals surface area contributed by atoms with Crippen molar-refractivity contribution in [2.75, 3.05) is 6.54 Å². The van der Waals surface area contributed by atoms with Gasteiger partial charge in [-0.25, -0.2) is 0 Å². The summed E-state index contributed by atoms with van der Waals surface area (Å²) in [6, 6.07) is 5.33. The molecule has 1 heterocycles. The molecule has 1 aromatic heterocycles. The average molecular weight is 225 g/mol. The van der Waals surface area contributed by atoms with Crippen LogP contribution in [0.5, 0.6) is 0 Å². The van der Waals surface area contributed by atoms with Gasteiger partial charge in [-0.05, 0) is 13.0 Å². The van der Waals surface area contributed by atoms with Gasteiger partial charge in [0.05, 0.1) is 16.9 Å². The highest BCUT2D eigenvalue weighted by Crippen LogP contribution is 2.23. The minimum atomic E-state index is -0.397. The fourth-order valence-corrected chi connectivity index (χ4v) is 1.81. The zero-order valence-electron chi connectivity index (χ0n) is 8.27. The summed E-state index contributed by atoms with van der Waals surface area (Å²) in [6.07, 6.45) is 0. The molecular formula is C9H11N3O2S. The third-order valence-corrected chi connectivity index (χ3v) is 2.83. The highest BCUT2D eigenvalue weighted by molar-refractivity contribution is 7.15. The molecule has 0 spiro atoms. The molecule has 0 aliphatic rings. The Morgan fingerprint density at radius 2 is 2.47 bits per heavy atom. The normalized spacial score (nSPS) is 12.0. The number of nitrogens with one attached hydrogen (secondary N) is 1. The number of nitrogens with zero attached hydrogens (tertiary/aromatic N) is 2. The monoisotopic (exact) mass is 225 g/mol. The maximum Gasteiger partial charge on any atom is 0.324 e. The van der Waals surface area contributed by atoms with Crippen LogP contribution in [0.15, 0.2) is 12.1 Å². The highest BCUT2D eigenvalue weighted by atomic mass is 32.1. The number of nitriles is 1. The molecule has 80 valence electrons. The average Bonchev–Trinajstić information content (AvgIpc) is 2.66. The van der Waals surface area contributed by atoms with Crippen molar-refractivity contribution >= 4 is 16.3 Å². The van der Waals surface area contributed by atoms with Gasteiger partial charge in [0.25, 0.3) is 0 Å². The van der Waals surface area contributed by atoms with Gasteiger partial charge in [-0.2, -0.15) is 5.26 Å². The molecule has 1 aromatic rings. The maximum absolute atomic E-state index is 10.4. The Morgan fingerprint density at radius 3 is 3.00 bits per heavy atom. The molecule has 0 saturated heterocycles. The zero-order valence-corrected chi connectivity index (χ0v) is 9.08. The second kappa shape index (κ2) is 5.44. The zero-order chi connectivity index (χ0) is 11.3. The van der Waals surface area contributed by atoms with Gasteiger partial charge in [-0.15, -0.1) is 0 Å². The topological polar surface area (TPSA) is 79.0 Å². The lowest BCUT2D eigenvalue weighted by Gasteiger charge is -2.02. The summed E-state index contributed by atoms with van der Waals surface area (Å²) < 4.78 is 0. The van der Waals surface area contributed by atoms with Crippen molar-refractivity contribution in [2.45, 2.75) is 13.5 Å². The van der Waals surface area contributed by atoms with Crippen LogP contribution in [-0.2, 0) is 6.54 Å². The van der Waals surface area contributed by atoms with E-state index in [4.69, 9.17) is 5.26 Å². The van der Waals surface area contributed by atoms with E-state index < -0.39 is 4.92 Å². The van der Waals surface area contributed by atoms with Crippen LogP contribution < -0.4 is 5.32 Å². The van der Waals surface area contributed by atoms with E-state index in [2.05, 4.69) is 11.4 Å². The Bertz CT molecular complexity index is 383. The van der Waals surface area contributed by atoms with E-state index in [1.165, 1.54) is 6.07 Å². The van der Waals surface area contributed by atoms with Crippen LogP contribution in [0, 0.1) is 27.4 Å². The highest BCUT2D eigenvalue weighted by Gasteiger charge is 2.09. The van der Waals surface area contributed by atoms with E-state index >= 15 is 0 Å². The molecule has 0 aliphatic heterocycles. The Hall–Kier alpha value is -1.45. The molecule has 0 bridgehead atoms. The number of rotatable bonds is 5. The molecule has 1 unspecified atom stereocenters. The molecule has 5 nitrogen and oxygen atoms in total. The maximum atomic E-state index is 10.4. The number of nitro groups is 1. The fraction of sp³-hybridized carbons (Fsp3) is 0.444. The Balaban J connectivity index is 2.39. The summed E-state index contributed by atoms with van der Waals surface area (Å²) in [5.74, 6) is -0.0417. The number of hydrogen-bond donors (Lipinski definition) is 1. The molecule has 15 heavy (non-hydrogen) atoms. The largest absolute Gasteiger partial charge is 0.324 e. The molecule has 0 fully saturated rings. The van der Waals surface area contributed by atoms with Crippen LogP contribution >= 0.6 is 11.3 Å². The number of hydrogen-bond acceptors (Lipinski definition) is 5. The van der Waals surface area contributed by atoms with Gasteiger partial charge in [0.15, 0.2) is 0 Å². The lowest BCUT2D eigenvalue weighted by molar-refractivity contribution is -0.380. The second-order valence-electron chi connectivity index (χ2n) is 3.16. The molecule has 0 amide bonds. The Morgan fingerprint density at radius 1 is 1.73 bits per heavy atom. The molecule has 0 saturated carbocycles. The van der Waals surface area contributed by atoms with Crippen molar-refractivity contribution in [3.05, 3.63) is 27.1 Å². The van der Waals surface area contributed by atoms with Crippen LogP contribution in [0.1, 0.15) is 11.8 Å². The second-order valence-corrected chi connectivity index (χ2v) is 4.30. The van der Waals surface area contributed by atoms with Gasteiger partial charge < -0.3 is 5.32 Å². The smallest absolute Gasteiger partial charge is 0.311 e. The van der Waals surface area contributed by atoms with E-state index in [1.54, 1.807) is 6.07 Å². The van der Waals surface area contributed by atoms with E-state index in [0.717, 1.165) is 16.2 Å². The quantitative estimate of drug-likeness (QED) is 0.613. The first-order valence-corrected chi connectivity index (χ1v) is 5.28. The standard InChI is InChI=1S/C9H11N3O2S/c1-7(4-10)5-11-6-8-2-3-9(15-8)12(13)14/h2-3,7,11H,5-6H2,1H3. The molecule has 0 aromatic carbocycles. The van der Waals surface area contributed by atoms with Crippen LogP contribution in [0.2, 0.25) is 0 Å². The van der Waals surface area contributed by atoms with E-state index in [-0.39, 0.29) is 10.9 Å². The van der Waals surface area contributed by atoms with E-state index in [1.807, 2.05) is 6.92 Å². The molecule has 1 N–H and O–H groups in total. The molecule has 0 radical (unpaired) electrons. The van der Waals surface area contributed by atoms with Gasteiger partial charge in [-0.1, -0.05) is 11.3 Å². The SMILES string of the molecule is CC(C#N)CNCc1ccc([N+](=O)[O-])s1. The van der Waals surface area contributed by atoms with E-state index in [0.29, 0.717) is 13.1 Å². The van der Waals surface area contributed by atoms with Crippen molar-refractivity contribution < 1.29 is 4.92 Å². The summed E-state index contributed by atoms with van der Waals surface area (Å²) in [5.41, 5.74) is 0. The third-order valence-electron chi connectivity index (χ3n) is 1.80. The van der Waals surface area contributed by atoms with Crippen LogP contribution in [0.4, 0.5) is 5.00 Å². The third kappa shape index (κ3) is 3.65. The predicted molar refractivity (Wildman–Crippen MR) is 57.5 cm³/mol. The summed E-state index contributed by atoms with van der Waals surface area (Å²) in [5, 5.41) is 22.2. The predicted octanol–water partition coefficient (Wildman–Crippen LogP) is 1.91. The minimum absolute atomic E-state index is 0.0417. The molecule has 0 aliphatic carbocycles. The summed E-state index contributed by atoms with van der Waals surface area (Å²) in [6.45, 7) is 3.00. The van der Waals surface area contributed by atoms with Crippen LogP contribution in [0.3, 0.4) is 0 Å². The molecular weight excluding hydrogens is 214 g/mol. The van der Waals surface area contributed by atoms with Crippen molar-refractivity contribution in [3.8, 4) is 6.07 Å². The van der Waals surface area contributed by atoms with Crippen molar-refractivity contribution in [1.29, 1.82) is 5.26 Å². The summed E-state index contributed by atoms with van der Waals surface area (Å²) in [4.78, 5) is 10.9. The Kier molecular flexibility index (Phi) is 4.21. The van der Waals surface area contributed by atoms with Gasteiger partial charge in [-0.3, -0.25) is 10.1 Å². The lowest BCUT2D eigenvalue weighted by Crippen LogP contribution is -2.19. The first-order chi connectivity index (χ1) is 7.13. The molecule has 6 heteroatoms. The van der Waals surface area contributed by atoms with Crippen LogP contribution in [-0.4, -0.2) is 11.5 Å². The lowest BCUT2D eigenvalue weighted by atomic mass is 10.2. The fourth-order valence-electron chi connectivity index (χ4n) is 1.02. The van der Waals surface area contributed by atoms with Crippen molar-refractivity contribution in [1.82, 2.24) is 5.32 Å². The summed E-state index contributed by atoms with van der Waals surface area (Å²) in [7, 11) is 0. The van der Waals surface area contributed by atoms with Crippen molar-refractivity contribution in [2.24, 2.45) is 5.92 Å². The Labute approximate surface area is 91.5 Å². The van der Waals surface area contributed by atoms with Gasteiger partial charge in [0, 0.05) is 24.0 Å².